The van der Waals surface area contributed by atoms with Gasteiger partial charge in [-0.2, -0.15) is 4.98 Å². The van der Waals surface area contributed by atoms with Crippen LogP contribution in [-0.4, -0.2) is 81.9 Å². The molecule has 0 aliphatic carbocycles. The predicted molar refractivity (Wildman–Crippen MR) is 119 cm³/mol. The Morgan fingerprint density at radius 3 is 2.52 bits per heavy atom. The highest BCUT2D eigenvalue weighted by molar-refractivity contribution is 5.79. The maximum absolute atomic E-state index is 5.98. The molecule has 166 valence electrons. The van der Waals surface area contributed by atoms with Gasteiger partial charge in [0, 0.05) is 50.5 Å². The lowest BCUT2D eigenvalue weighted by atomic mass is 10.2. The number of anilines is 1. The molecule has 8 nitrogen and oxygen atoms in total. The molecule has 0 unspecified atom stereocenters. The van der Waals surface area contributed by atoms with Gasteiger partial charge in [-0.3, -0.25) is 4.90 Å². The van der Waals surface area contributed by atoms with Crippen LogP contribution in [0.3, 0.4) is 0 Å². The zero-order chi connectivity index (χ0) is 21.3. The summed E-state index contributed by atoms with van der Waals surface area (Å²) in [6.07, 6.45) is 1.69. The molecule has 2 aromatic rings. The van der Waals surface area contributed by atoms with Crippen LogP contribution in [0.2, 0.25) is 0 Å². The Morgan fingerprint density at radius 2 is 1.74 bits per heavy atom. The topological polar surface area (TPSA) is 68.7 Å². The van der Waals surface area contributed by atoms with Crippen LogP contribution in [-0.2, 0) is 9.47 Å². The van der Waals surface area contributed by atoms with E-state index in [1.807, 2.05) is 43.3 Å². The van der Waals surface area contributed by atoms with E-state index < -0.39 is 0 Å². The summed E-state index contributed by atoms with van der Waals surface area (Å²) >= 11 is 0. The fourth-order valence-corrected chi connectivity index (χ4v) is 3.59. The van der Waals surface area contributed by atoms with Crippen LogP contribution in [0, 0.1) is 6.92 Å². The van der Waals surface area contributed by atoms with Gasteiger partial charge in [-0.1, -0.05) is 35.0 Å². The van der Waals surface area contributed by atoms with Gasteiger partial charge in [0.25, 0.3) is 5.88 Å². The molecule has 8 heteroatoms. The number of aromatic nitrogens is 1. The first-order chi connectivity index (χ1) is 15.3. The molecule has 1 aromatic carbocycles. The lowest BCUT2D eigenvalue weighted by Gasteiger charge is -2.29. The molecule has 4 rings (SSSR count). The van der Waals surface area contributed by atoms with Crippen LogP contribution in [0.4, 0.5) is 5.69 Å². The Morgan fingerprint density at radius 1 is 1.00 bits per heavy atom. The van der Waals surface area contributed by atoms with Crippen molar-refractivity contribution >= 4 is 11.9 Å². The minimum atomic E-state index is 0.411. The van der Waals surface area contributed by atoms with E-state index in [0.717, 1.165) is 57.2 Å². The number of hydrogen-bond donors (Lipinski definition) is 0. The van der Waals surface area contributed by atoms with Crippen molar-refractivity contribution in [3.8, 4) is 11.8 Å². The van der Waals surface area contributed by atoms with E-state index in [1.54, 1.807) is 6.21 Å². The highest BCUT2D eigenvalue weighted by Crippen LogP contribution is 2.26. The van der Waals surface area contributed by atoms with E-state index in [1.165, 1.54) is 5.56 Å². The highest BCUT2D eigenvalue weighted by atomic mass is 16.6. The zero-order valence-electron chi connectivity index (χ0n) is 18.0. The van der Waals surface area contributed by atoms with Gasteiger partial charge in [0.15, 0.2) is 0 Å². The lowest BCUT2D eigenvalue weighted by molar-refractivity contribution is 0.0319. The first-order valence-electron chi connectivity index (χ1n) is 10.8. The maximum atomic E-state index is 5.98. The third-order valence-electron chi connectivity index (χ3n) is 5.29. The predicted octanol–water partition coefficient (Wildman–Crippen LogP) is 2.35. The molecule has 1 aromatic heterocycles. The Balaban J connectivity index is 1.43. The number of oxime groups is 1. The summed E-state index contributed by atoms with van der Waals surface area (Å²) in [5, 5.41) is 4.13. The van der Waals surface area contributed by atoms with E-state index in [4.69, 9.17) is 19.0 Å². The number of pyridine rings is 1. The summed E-state index contributed by atoms with van der Waals surface area (Å²) in [4.78, 5) is 14.7. The monoisotopic (exact) mass is 426 g/mol. The molecule has 0 amide bonds. The van der Waals surface area contributed by atoms with Crippen molar-refractivity contribution in [3.63, 3.8) is 0 Å². The van der Waals surface area contributed by atoms with Crippen molar-refractivity contribution in [3.05, 3.63) is 47.5 Å². The van der Waals surface area contributed by atoms with E-state index >= 15 is 0 Å². The first kappa shape index (κ1) is 21.5. The summed E-state index contributed by atoms with van der Waals surface area (Å²) in [6, 6.07) is 11.9. The molecular weight excluding hydrogens is 396 g/mol. The fraction of sp³-hybridized carbons (Fsp3) is 0.478. The van der Waals surface area contributed by atoms with Crippen molar-refractivity contribution < 1.29 is 19.0 Å². The van der Waals surface area contributed by atoms with E-state index in [0.29, 0.717) is 31.6 Å². The summed E-state index contributed by atoms with van der Waals surface area (Å²) in [5.74, 6) is 0.951. The summed E-state index contributed by atoms with van der Waals surface area (Å²) < 4.78 is 16.9. The Hall–Kier alpha value is -2.68. The minimum absolute atomic E-state index is 0.411. The molecule has 0 atom stereocenters. The lowest BCUT2D eigenvalue weighted by Crippen LogP contribution is -2.38. The normalized spacial score (nSPS) is 17.8. The second kappa shape index (κ2) is 11.1. The number of aryl methyl sites for hydroxylation is 1. The van der Waals surface area contributed by atoms with Crippen LogP contribution >= 0.6 is 0 Å². The molecule has 2 saturated heterocycles. The first-order valence-corrected chi connectivity index (χ1v) is 10.8. The van der Waals surface area contributed by atoms with Gasteiger partial charge in [0.2, 0.25) is 5.88 Å². The van der Waals surface area contributed by atoms with E-state index in [-0.39, 0.29) is 0 Å². The van der Waals surface area contributed by atoms with Crippen molar-refractivity contribution in [2.24, 2.45) is 5.16 Å². The van der Waals surface area contributed by atoms with Gasteiger partial charge in [-0.15, -0.1) is 0 Å². The summed E-state index contributed by atoms with van der Waals surface area (Å²) in [6.45, 7) is 9.94. The van der Waals surface area contributed by atoms with E-state index in [9.17, 15) is 0 Å². The maximum Gasteiger partial charge on any atom is 0.254 e. The Labute approximate surface area is 183 Å². The molecule has 0 N–H and O–H groups in total. The van der Waals surface area contributed by atoms with Crippen molar-refractivity contribution in [2.45, 2.75) is 6.92 Å². The third-order valence-corrected chi connectivity index (χ3v) is 5.29. The van der Waals surface area contributed by atoms with Gasteiger partial charge in [-0.25, -0.2) is 0 Å². The fourth-order valence-electron chi connectivity index (χ4n) is 3.59. The average molecular weight is 427 g/mol. The average Bonchev–Trinajstić information content (AvgIpc) is 2.80. The molecule has 0 spiro atoms. The quantitative estimate of drug-likeness (QED) is 0.474. The minimum Gasteiger partial charge on any atom is -0.476 e. The molecule has 2 aliphatic heterocycles. The highest BCUT2D eigenvalue weighted by Gasteiger charge is 2.16. The van der Waals surface area contributed by atoms with Gasteiger partial charge < -0.3 is 23.9 Å². The summed E-state index contributed by atoms with van der Waals surface area (Å²) in [5.41, 5.74) is 3.15. The SMILES string of the molecule is Cc1cccc(C=NOc2cc(N3CCOCC3)cc(OCCN3CCOCC3)n2)c1. The van der Waals surface area contributed by atoms with Crippen molar-refractivity contribution in [1.82, 2.24) is 9.88 Å². The third kappa shape index (κ3) is 6.65. The molecule has 31 heavy (non-hydrogen) atoms. The molecule has 0 radical (unpaired) electrons. The number of benzene rings is 1. The number of morpholine rings is 2. The smallest absolute Gasteiger partial charge is 0.254 e. The van der Waals surface area contributed by atoms with Crippen LogP contribution < -0.4 is 14.5 Å². The van der Waals surface area contributed by atoms with Crippen LogP contribution in [0.25, 0.3) is 0 Å². The van der Waals surface area contributed by atoms with Crippen LogP contribution in [0.5, 0.6) is 11.8 Å². The van der Waals surface area contributed by atoms with Gasteiger partial charge >= 0.3 is 0 Å². The molecular formula is C23H30N4O4. The molecule has 3 heterocycles. The van der Waals surface area contributed by atoms with Crippen molar-refractivity contribution in [2.75, 3.05) is 70.7 Å². The number of nitrogens with zero attached hydrogens (tertiary/aromatic N) is 4. The van der Waals surface area contributed by atoms with Gasteiger partial charge in [0.05, 0.1) is 32.6 Å². The Bertz CT molecular complexity index is 864. The second-order valence-electron chi connectivity index (χ2n) is 7.64. The number of rotatable bonds is 8. The van der Waals surface area contributed by atoms with Crippen molar-refractivity contribution in [1.29, 1.82) is 0 Å². The number of ether oxygens (including phenoxy) is 3. The van der Waals surface area contributed by atoms with Gasteiger partial charge in [0.1, 0.15) is 6.61 Å². The Kier molecular flexibility index (Phi) is 7.71. The molecule has 2 fully saturated rings. The largest absolute Gasteiger partial charge is 0.476 e. The molecule has 2 aliphatic rings. The summed E-state index contributed by atoms with van der Waals surface area (Å²) in [7, 11) is 0. The van der Waals surface area contributed by atoms with Gasteiger partial charge in [-0.05, 0) is 12.5 Å². The van der Waals surface area contributed by atoms with Crippen LogP contribution in [0.15, 0.2) is 41.6 Å². The van der Waals surface area contributed by atoms with Crippen LogP contribution in [0.1, 0.15) is 11.1 Å². The number of hydrogen-bond acceptors (Lipinski definition) is 8. The second-order valence-corrected chi connectivity index (χ2v) is 7.64. The molecule has 0 bridgehead atoms. The molecule has 0 saturated carbocycles. The standard InChI is InChI=1S/C23H30N4O4/c1-19-3-2-4-20(15-19)18-24-31-23-17-21(27-8-12-29-13-9-27)16-22(25-23)30-14-7-26-5-10-28-11-6-26/h2-4,15-18H,5-14H2,1H3. The zero-order valence-corrected chi connectivity index (χ0v) is 18.0. The van der Waals surface area contributed by atoms with E-state index in [2.05, 4.69) is 19.9 Å².